The average molecular weight is 393 g/mol. The lowest BCUT2D eigenvalue weighted by atomic mass is 10.1. The molecule has 2 N–H and O–H groups in total. The van der Waals surface area contributed by atoms with Gasteiger partial charge in [0.15, 0.2) is 11.5 Å². The molecule has 29 heavy (non-hydrogen) atoms. The Balaban J connectivity index is 1.53. The lowest BCUT2D eigenvalue weighted by Crippen LogP contribution is -2.26. The highest BCUT2D eigenvalue weighted by Gasteiger charge is 2.09. The zero-order chi connectivity index (χ0) is 20.5. The van der Waals surface area contributed by atoms with Gasteiger partial charge in [-0.25, -0.2) is 9.97 Å². The number of hydrogen-bond donors (Lipinski definition) is 2. The molecule has 0 aliphatic heterocycles. The Morgan fingerprint density at radius 1 is 1.03 bits per heavy atom. The molecule has 3 aromatic rings. The van der Waals surface area contributed by atoms with Crippen LogP contribution in [-0.4, -0.2) is 41.6 Å². The van der Waals surface area contributed by atoms with Crippen LogP contribution in [0.15, 0.2) is 55.1 Å². The minimum atomic E-state index is -0.252. The van der Waals surface area contributed by atoms with Crippen molar-refractivity contribution in [3.05, 3.63) is 71.9 Å². The third-order valence-corrected chi connectivity index (χ3v) is 4.24. The van der Waals surface area contributed by atoms with Gasteiger partial charge in [0.2, 0.25) is 0 Å². The summed E-state index contributed by atoms with van der Waals surface area (Å²) in [5, 5.41) is 6.04. The Kier molecular flexibility index (Phi) is 6.94. The number of hydrogen-bond acceptors (Lipinski definition) is 7. The topological polar surface area (TPSA) is 98.3 Å². The number of carbonyl (C=O) groups excluding carboxylic acids is 1. The summed E-state index contributed by atoms with van der Waals surface area (Å²) in [5.74, 6) is 1.66. The molecule has 0 spiro atoms. The van der Waals surface area contributed by atoms with E-state index in [1.165, 1.54) is 6.33 Å². The summed E-state index contributed by atoms with van der Waals surface area (Å²) in [4.78, 5) is 24.7. The molecule has 0 atom stereocenters. The molecular weight excluding hydrogens is 370 g/mol. The number of carbonyl (C=O) groups is 1. The van der Waals surface area contributed by atoms with Gasteiger partial charge in [0.1, 0.15) is 17.8 Å². The van der Waals surface area contributed by atoms with Crippen molar-refractivity contribution in [3.8, 4) is 11.5 Å². The summed E-state index contributed by atoms with van der Waals surface area (Å²) >= 11 is 0. The number of nitrogens with one attached hydrogen (secondary N) is 2. The molecule has 3 rings (SSSR count). The molecule has 8 nitrogen and oxygen atoms in total. The van der Waals surface area contributed by atoms with Crippen LogP contribution < -0.4 is 20.1 Å². The third-order valence-electron chi connectivity index (χ3n) is 4.24. The van der Waals surface area contributed by atoms with Gasteiger partial charge in [-0.2, -0.15) is 0 Å². The lowest BCUT2D eigenvalue weighted by Gasteiger charge is -2.10. The monoisotopic (exact) mass is 393 g/mol. The first-order valence-electron chi connectivity index (χ1n) is 9.13. The SMILES string of the molecule is COc1ccc(CCNC(=O)c2cc(NCc3cccnc3)ncn2)cc1OC. The molecular formula is C21H23N5O3. The number of rotatable bonds is 9. The van der Waals surface area contributed by atoms with Gasteiger partial charge < -0.3 is 20.1 Å². The molecule has 0 bridgehead atoms. The number of aromatic nitrogens is 3. The minimum absolute atomic E-state index is 0.252. The van der Waals surface area contributed by atoms with Crippen molar-refractivity contribution in [2.45, 2.75) is 13.0 Å². The quantitative estimate of drug-likeness (QED) is 0.576. The van der Waals surface area contributed by atoms with E-state index in [9.17, 15) is 4.79 Å². The zero-order valence-corrected chi connectivity index (χ0v) is 16.4. The molecule has 1 aromatic carbocycles. The van der Waals surface area contributed by atoms with Crippen LogP contribution in [0.25, 0.3) is 0 Å². The molecule has 2 heterocycles. The van der Waals surface area contributed by atoms with Crippen molar-refractivity contribution in [1.82, 2.24) is 20.3 Å². The van der Waals surface area contributed by atoms with Crippen LogP contribution in [0, 0.1) is 0 Å². The van der Waals surface area contributed by atoms with Crippen LogP contribution in [0.3, 0.4) is 0 Å². The maximum atomic E-state index is 12.4. The van der Waals surface area contributed by atoms with Crippen LogP contribution >= 0.6 is 0 Å². The molecule has 8 heteroatoms. The Morgan fingerprint density at radius 2 is 1.90 bits per heavy atom. The van der Waals surface area contributed by atoms with E-state index in [1.807, 2.05) is 30.3 Å². The second-order valence-corrected chi connectivity index (χ2v) is 6.20. The molecule has 0 unspecified atom stereocenters. The van der Waals surface area contributed by atoms with Crippen molar-refractivity contribution in [1.29, 1.82) is 0 Å². The average Bonchev–Trinajstić information content (AvgIpc) is 2.78. The molecule has 0 aliphatic rings. The van der Waals surface area contributed by atoms with E-state index in [2.05, 4.69) is 25.6 Å². The number of pyridine rings is 1. The Labute approximate surface area is 169 Å². The molecule has 0 saturated carbocycles. The highest BCUT2D eigenvalue weighted by molar-refractivity contribution is 5.92. The molecule has 150 valence electrons. The van der Waals surface area contributed by atoms with Crippen molar-refractivity contribution in [2.24, 2.45) is 0 Å². The molecule has 0 saturated heterocycles. The van der Waals surface area contributed by atoms with E-state index >= 15 is 0 Å². The Bertz CT molecular complexity index is 950. The number of anilines is 1. The molecule has 0 fully saturated rings. The van der Waals surface area contributed by atoms with Crippen LogP contribution in [0.2, 0.25) is 0 Å². The predicted octanol–water partition coefficient (Wildman–Crippen LogP) is 2.47. The number of amides is 1. The van der Waals surface area contributed by atoms with E-state index in [0.717, 1.165) is 11.1 Å². The first-order valence-corrected chi connectivity index (χ1v) is 9.13. The second-order valence-electron chi connectivity index (χ2n) is 6.20. The highest BCUT2D eigenvalue weighted by Crippen LogP contribution is 2.27. The van der Waals surface area contributed by atoms with Gasteiger partial charge in [0.25, 0.3) is 5.91 Å². The largest absolute Gasteiger partial charge is 0.493 e. The molecule has 2 aromatic heterocycles. The fourth-order valence-electron chi connectivity index (χ4n) is 2.72. The summed E-state index contributed by atoms with van der Waals surface area (Å²) < 4.78 is 10.5. The number of ether oxygens (including phenoxy) is 2. The van der Waals surface area contributed by atoms with Gasteiger partial charge in [-0.1, -0.05) is 12.1 Å². The lowest BCUT2D eigenvalue weighted by molar-refractivity contribution is 0.0949. The normalized spacial score (nSPS) is 10.3. The molecule has 1 amide bonds. The number of methoxy groups -OCH3 is 2. The number of benzene rings is 1. The molecule has 0 radical (unpaired) electrons. The van der Waals surface area contributed by atoms with E-state index in [0.29, 0.717) is 42.5 Å². The van der Waals surface area contributed by atoms with Crippen molar-refractivity contribution >= 4 is 11.7 Å². The van der Waals surface area contributed by atoms with Crippen molar-refractivity contribution in [2.75, 3.05) is 26.1 Å². The van der Waals surface area contributed by atoms with Crippen molar-refractivity contribution < 1.29 is 14.3 Å². The van der Waals surface area contributed by atoms with E-state index in [1.54, 1.807) is 32.7 Å². The summed E-state index contributed by atoms with van der Waals surface area (Å²) in [7, 11) is 3.19. The van der Waals surface area contributed by atoms with Gasteiger partial charge >= 0.3 is 0 Å². The minimum Gasteiger partial charge on any atom is -0.493 e. The Hall–Kier alpha value is -3.68. The fourth-order valence-corrected chi connectivity index (χ4v) is 2.72. The van der Waals surface area contributed by atoms with Crippen molar-refractivity contribution in [3.63, 3.8) is 0 Å². The summed E-state index contributed by atoms with van der Waals surface area (Å²) in [6, 6.07) is 11.1. The molecule has 0 aliphatic carbocycles. The van der Waals surface area contributed by atoms with Crippen LogP contribution in [0.5, 0.6) is 11.5 Å². The number of nitrogens with zero attached hydrogens (tertiary/aromatic N) is 3. The summed E-state index contributed by atoms with van der Waals surface area (Å²) in [5.41, 5.74) is 2.36. The first kappa shape index (κ1) is 20.1. The maximum Gasteiger partial charge on any atom is 0.270 e. The fraction of sp³-hybridized carbons (Fsp3) is 0.238. The smallest absolute Gasteiger partial charge is 0.270 e. The van der Waals surface area contributed by atoms with E-state index in [-0.39, 0.29) is 5.91 Å². The zero-order valence-electron chi connectivity index (χ0n) is 16.4. The van der Waals surface area contributed by atoms with E-state index < -0.39 is 0 Å². The van der Waals surface area contributed by atoms with E-state index in [4.69, 9.17) is 9.47 Å². The van der Waals surface area contributed by atoms with Crippen LogP contribution in [0.1, 0.15) is 21.6 Å². The van der Waals surface area contributed by atoms with Gasteiger partial charge in [0.05, 0.1) is 14.2 Å². The summed E-state index contributed by atoms with van der Waals surface area (Å²) in [6.45, 7) is 1.03. The Morgan fingerprint density at radius 3 is 2.66 bits per heavy atom. The standard InChI is InChI=1S/C21H23N5O3/c1-28-18-6-5-15(10-19(18)29-2)7-9-23-21(27)17-11-20(26-14-25-17)24-13-16-4-3-8-22-12-16/h3-6,8,10-12,14H,7,9,13H2,1-2H3,(H,23,27)(H,24,25,26). The van der Waals surface area contributed by atoms with Gasteiger partial charge in [-0.15, -0.1) is 0 Å². The highest BCUT2D eigenvalue weighted by atomic mass is 16.5. The van der Waals surface area contributed by atoms with Gasteiger partial charge in [-0.3, -0.25) is 9.78 Å². The predicted molar refractivity (Wildman–Crippen MR) is 109 cm³/mol. The first-order chi connectivity index (χ1) is 14.2. The van der Waals surface area contributed by atoms with Crippen LogP contribution in [0.4, 0.5) is 5.82 Å². The van der Waals surface area contributed by atoms with Gasteiger partial charge in [-0.05, 0) is 35.7 Å². The van der Waals surface area contributed by atoms with Gasteiger partial charge in [0, 0.05) is 31.5 Å². The maximum absolute atomic E-state index is 12.4. The van der Waals surface area contributed by atoms with Crippen LogP contribution in [-0.2, 0) is 13.0 Å². The second kappa shape index (κ2) is 10.0. The third kappa shape index (κ3) is 5.65. The summed E-state index contributed by atoms with van der Waals surface area (Å²) in [6.07, 6.45) is 5.52.